The molecule has 2 aromatic carbocycles. The molecule has 7 nitrogen and oxygen atoms in total. The topological polar surface area (TPSA) is 95.9 Å². The Morgan fingerprint density at radius 3 is 2.26 bits per heavy atom. The number of carbonyl (C=O) groups is 3. The third-order valence-electron chi connectivity index (χ3n) is 6.29. The van der Waals surface area contributed by atoms with E-state index in [9.17, 15) is 14.4 Å². The van der Waals surface area contributed by atoms with Crippen LogP contribution in [0.3, 0.4) is 0 Å². The van der Waals surface area contributed by atoms with E-state index < -0.39 is 12.1 Å². The first-order valence-corrected chi connectivity index (χ1v) is 10.5. The highest BCUT2D eigenvalue weighted by Crippen LogP contribution is 2.44. The summed E-state index contributed by atoms with van der Waals surface area (Å²) >= 11 is 0. The number of rotatable bonds is 6. The van der Waals surface area contributed by atoms with Crippen molar-refractivity contribution in [2.24, 2.45) is 11.8 Å². The van der Waals surface area contributed by atoms with Crippen molar-refractivity contribution in [3.05, 3.63) is 59.7 Å². The number of hydrogen-bond acceptors (Lipinski definition) is 4. The summed E-state index contributed by atoms with van der Waals surface area (Å²) in [5.74, 6) is -1.06. The van der Waals surface area contributed by atoms with Crippen LogP contribution < -0.4 is 5.32 Å². The van der Waals surface area contributed by atoms with Crippen LogP contribution in [0.5, 0.6) is 0 Å². The van der Waals surface area contributed by atoms with Crippen LogP contribution in [0.25, 0.3) is 11.1 Å². The first-order chi connectivity index (χ1) is 14.9. The van der Waals surface area contributed by atoms with E-state index in [-0.39, 0.29) is 43.2 Å². The van der Waals surface area contributed by atoms with E-state index in [1.165, 1.54) is 0 Å². The molecule has 2 N–H and O–H groups in total. The number of alkyl carbamates (subject to hydrolysis) is 1. The highest BCUT2D eigenvalue weighted by molar-refractivity contribution is 5.83. The van der Waals surface area contributed by atoms with Gasteiger partial charge >= 0.3 is 12.1 Å². The van der Waals surface area contributed by atoms with Crippen molar-refractivity contribution < 1.29 is 24.2 Å². The molecule has 4 rings (SSSR count). The van der Waals surface area contributed by atoms with Crippen molar-refractivity contribution in [1.29, 1.82) is 0 Å². The largest absolute Gasteiger partial charge is 0.481 e. The number of carboxylic acid groups (broad SMARTS) is 1. The van der Waals surface area contributed by atoms with Gasteiger partial charge in [-0.15, -0.1) is 0 Å². The molecule has 0 saturated carbocycles. The average molecular weight is 422 g/mol. The molecule has 1 saturated heterocycles. The van der Waals surface area contributed by atoms with Crippen molar-refractivity contribution in [3.8, 4) is 11.1 Å². The predicted molar refractivity (Wildman–Crippen MR) is 115 cm³/mol. The number of likely N-dealkylation sites (tertiary alicyclic amines) is 1. The molecule has 2 aliphatic rings. The molecule has 2 aromatic rings. The lowest BCUT2D eigenvalue weighted by molar-refractivity contribution is -0.138. The van der Waals surface area contributed by atoms with Crippen molar-refractivity contribution in [2.75, 3.05) is 26.2 Å². The van der Waals surface area contributed by atoms with E-state index in [0.717, 1.165) is 22.3 Å². The van der Waals surface area contributed by atoms with Gasteiger partial charge in [-0.1, -0.05) is 55.5 Å². The first-order valence-electron chi connectivity index (χ1n) is 10.5. The molecule has 1 heterocycles. The summed E-state index contributed by atoms with van der Waals surface area (Å²) in [6, 6.07) is 16.2. The molecule has 0 radical (unpaired) electrons. The maximum atomic E-state index is 12.4. The molecule has 0 spiro atoms. The molecule has 1 aliphatic heterocycles. The van der Waals surface area contributed by atoms with Gasteiger partial charge in [0.1, 0.15) is 13.2 Å². The van der Waals surface area contributed by atoms with Gasteiger partial charge in [-0.25, -0.2) is 4.79 Å². The van der Waals surface area contributed by atoms with E-state index >= 15 is 0 Å². The molecule has 31 heavy (non-hydrogen) atoms. The lowest BCUT2D eigenvalue weighted by atomic mass is 9.95. The zero-order chi connectivity index (χ0) is 22.0. The standard InChI is InChI=1S/C24H26N2O5/c1-15-12-26(13-16(15)10-23(28)29)22(27)11-25-24(30)31-14-21-19-8-4-2-6-17(19)18-7-3-5-9-20(18)21/h2-9,15-16,21H,10-14H2,1H3,(H,25,30)(H,28,29)/t15-,16-/m1/s1. The second kappa shape index (κ2) is 8.79. The number of ether oxygens (including phenoxy) is 1. The molecule has 0 bridgehead atoms. The van der Waals surface area contributed by atoms with Gasteiger partial charge in [0.15, 0.2) is 0 Å². The van der Waals surface area contributed by atoms with Crippen LogP contribution in [-0.2, 0) is 14.3 Å². The fraction of sp³-hybridized carbons (Fsp3) is 0.375. The van der Waals surface area contributed by atoms with Gasteiger partial charge < -0.3 is 20.1 Å². The van der Waals surface area contributed by atoms with Gasteiger partial charge in [-0.2, -0.15) is 0 Å². The zero-order valence-electron chi connectivity index (χ0n) is 17.4. The third kappa shape index (κ3) is 4.40. The molecule has 7 heteroatoms. The molecule has 162 valence electrons. The fourth-order valence-electron chi connectivity index (χ4n) is 4.64. The molecule has 2 amide bonds. The molecule has 2 atom stereocenters. The fourth-order valence-corrected chi connectivity index (χ4v) is 4.64. The van der Waals surface area contributed by atoms with E-state index in [1.807, 2.05) is 43.3 Å². The van der Waals surface area contributed by atoms with Crippen LogP contribution in [0.1, 0.15) is 30.4 Å². The molecular formula is C24H26N2O5. The molecular weight excluding hydrogens is 396 g/mol. The number of hydrogen-bond donors (Lipinski definition) is 2. The lowest BCUT2D eigenvalue weighted by Gasteiger charge is -2.17. The minimum Gasteiger partial charge on any atom is -0.481 e. The molecule has 0 unspecified atom stereocenters. The smallest absolute Gasteiger partial charge is 0.407 e. The quantitative estimate of drug-likeness (QED) is 0.746. The second-order valence-corrected chi connectivity index (χ2v) is 8.31. The number of nitrogens with zero attached hydrogens (tertiary/aromatic N) is 1. The van der Waals surface area contributed by atoms with Gasteiger partial charge in [0.05, 0.1) is 6.42 Å². The number of benzene rings is 2. The van der Waals surface area contributed by atoms with Crippen molar-refractivity contribution in [2.45, 2.75) is 19.3 Å². The third-order valence-corrected chi connectivity index (χ3v) is 6.29. The summed E-state index contributed by atoms with van der Waals surface area (Å²) in [5.41, 5.74) is 4.56. The Labute approximate surface area is 181 Å². The monoisotopic (exact) mass is 422 g/mol. The van der Waals surface area contributed by atoms with E-state index in [0.29, 0.717) is 13.1 Å². The van der Waals surface area contributed by atoms with Crippen LogP contribution in [-0.4, -0.2) is 54.2 Å². The summed E-state index contributed by atoms with van der Waals surface area (Å²) in [7, 11) is 0. The van der Waals surface area contributed by atoms with Crippen LogP contribution in [0.15, 0.2) is 48.5 Å². The summed E-state index contributed by atoms with van der Waals surface area (Å²) < 4.78 is 5.45. The SMILES string of the molecule is C[C@@H]1CN(C(=O)CNC(=O)OCC2c3ccccc3-c3ccccc32)C[C@H]1CC(=O)O. The van der Waals surface area contributed by atoms with Crippen LogP contribution >= 0.6 is 0 Å². The normalized spacial score (nSPS) is 19.6. The number of fused-ring (bicyclic) bond motifs is 3. The van der Waals surface area contributed by atoms with Crippen LogP contribution in [0.2, 0.25) is 0 Å². The van der Waals surface area contributed by atoms with Gasteiger partial charge in [0, 0.05) is 19.0 Å². The molecule has 1 aliphatic carbocycles. The van der Waals surface area contributed by atoms with Gasteiger partial charge in [-0.3, -0.25) is 9.59 Å². The number of carbonyl (C=O) groups excluding carboxylic acids is 2. The summed E-state index contributed by atoms with van der Waals surface area (Å²) in [4.78, 5) is 37.2. The van der Waals surface area contributed by atoms with E-state index in [4.69, 9.17) is 9.84 Å². The lowest BCUT2D eigenvalue weighted by Crippen LogP contribution is -2.39. The Morgan fingerprint density at radius 1 is 1.03 bits per heavy atom. The predicted octanol–water partition coefficient (Wildman–Crippen LogP) is 3.09. The minimum absolute atomic E-state index is 0.0370. The van der Waals surface area contributed by atoms with Crippen LogP contribution in [0, 0.1) is 11.8 Å². The van der Waals surface area contributed by atoms with Crippen molar-refractivity contribution in [1.82, 2.24) is 10.2 Å². The summed E-state index contributed by atoms with van der Waals surface area (Å²) in [6.07, 6.45) is -0.588. The van der Waals surface area contributed by atoms with Crippen LogP contribution in [0.4, 0.5) is 4.79 Å². The Morgan fingerprint density at radius 2 is 1.65 bits per heavy atom. The number of nitrogens with one attached hydrogen (secondary N) is 1. The maximum absolute atomic E-state index is 12.4. The van der Waals surface area contributed by atoms with Gasteiger partial charge in [0.25, 0.3) is 0 Å². The first kappa shape index (κ1) is 20.9. The maximum Gasteiger partial charge on any atom is 0.407 e. The second-order valence-electron chi connectivity index (χ2n) is 8.31. The average Bonchev–Trinajstić information content (AvgIpc) is 3.28. The Kier molecular flexibility index (Phi) is 5.93. The summed E-state index contributed by atoms with van der Waals surface area (Å²) in [5, 5.41) is 11.5. The Balaban J connectivity index is 1.30. The van der Waals surface area contributed by atoms with Crippen molar-refractivity contribution in [3.63, 3.8) is 0 Å². The summed E-state index contributed by atoms with van der Waals surface area (Å²) in [6.45, 7) is 2.88. The number of amides is 2. The highest BCUT2D eigenvalue weighted by Gasteiger charge is 2.34. The van der Waals surface area contributed by atoms with E-state index in [1.54, 1.807) is 4.90 Å². The number of carboxylic acids is 1. The highest BCUT2D eigenvalue weighted by atomic mass is 16.5. The van der Waals surface area contributed by atoms with Crippen molar-refractivity contribution >= 4 is 18.0 Å². The van der Waals surface area contributed by atoms with E-state index in [2.05, 4.69) is 17.4 Å². The van der Waals surface area contributed by atoms with Gasteiger partial charge in [-0.05, 0) is 34.1 Å². The minimum atomic E-state index is -0.858. The number of aliphatic carboxylic acids is 1. The van der Waals surface area contributed by atoms with Gasteiger partial charge in [0.2, 0.25) is 5.91 Å². The molecule has 1 fully saturated rings. The molecule has 0 aromatic heterocycles. The zero-order valence-corrected chi connectivity index (χ0v) is 17.4. The Bertz CT molecular complexity index is 959. The Hall–Kier alpha value is -3.35.